The SMILES string of the molecule is CCc1cccc(N=O)c1O. The molecule has 0 aromatic heterocycles. The van der Waals surface area contributed by atoms with Gasteiger partial charge < -0.3 is 5.11 Å². The highest BCUT2D eigenvalue weighted by Crippen LogP contribution is 2.29. The van der Waals surface area contributed by atoms with Gasteiger partial charge in [0.1, 0.15) is 11.4 Å². The predicted octanol–water partition coefficient (Wildman–Crippen LogP) is 2.35. The summed E-state index contributed by atoms with van der Waals surface area (Å²) in [6.07, 6.45) is 0.704. The second kappa shape index (κ2) is 3.14. The van der Waals surface area contributed by atoms with Gasteiger partial charge in [0.2, 0.25) is 0 Å². The Bertz CT molecular complexity index is 271. The lowest BCUT2D eigenvalue weighted by atomic mass is 10.1. The van der Waals surface area contributed by atoms with Gasteiger partial charge >= 0.3 is 0 Å². The van der Waals surface area contributed by atoms with Crippen molar-refractivity contribution in [2.75, 3.05) is 0 Å². The Morgan fingerprint density at radius 2 is 2.27 bits per heavy atom. The standard InChI is InChI=1S/C8H9NO2/c1-2-6-4-3-5-7(9-11)8(6)10/h3-5,10H,2H2,1H3. The molecule has 0 aliphatic heterocycles. The lowest BCUT2D eigenvalue weighted by Gasteiger charge is -2.00. The molecule has 0 saturated heterocycles. The van der Waals surface area contributed by atoms with E-state index in [2.05, 4.69) is 5.18 Å². The van der Waals surface area contributed by atoms with Crippen LogP contribution in [0.25, 0.3) is 0 Å². The number of benzene rings is 1. The Kier molecular flexibility index (Phi) is 2.21. The largest absolute Gasteiger partial charge is 0.505 e. The first-order valence-corrected chi connectivity index (χ1v) is 3.43. The maximum absolute atomic E-state index is 10.1. The van der Waals surface area contributed by atoms with Gasteiger partial charge in [0.15, 0.2) is 0 Å². The predicted molar refractivity (Wildman–Crippen MR) is 42.9 cm³/mol. The molecule has 0 saturated carbocycles. The van der Waals surface area contributed by atoms with E-state index in [0.717, 1.165) is 5.56 Å². The van der Waals surface area contributed by atoms with Crippen LogP contribution < -0.4 is 0 Å². The summed E-state index contributed by atoms with van der Waals surface area (Å²) in [5.41, 5.74) is 0.867. The van der Waals surface area contributed by atoms with Gasteiger partial charge in [0.25, 0.3) is 0 Å². The first kappa shape index (κ1) is 7.72. The fraction of sp³-hybridized carbons (Fsp3) is 0.250. The van der Waals surface area contributed by atoms with Crippen molar-refractivity contribution in [3.63, 3.8) is 0 Å². The third-order valence-corrected chi connectivity index (χ3v) is 1.58. The van der Waals surface area contributed by atoms with Crippen LogP contribution in [0.4, 0.5) is 5.69 Å². The van der Waals surface area contributed by atoms with Crippen LogP contribution in [0, 0.1) is 4.91 Å². The highest BCUT2D eigenvalue weighted by molar-refractivity contribution is 5.54. The summed E-state index contributed by atoms with van der Waals surface area (Å²) >= 11 is 0. The molecule has 0 heterocycles. The lowest BCUT2D eigenvalue weighted by molar-refractivity contribution is 0.470. The molecule has 0 aliphatic carbocycles. The molecule has 0 radical (unpaired) electrons. The molecule has 0 aliphatic rings. The molecule has 3 nitrogen and oxygen atoms in total. The molecule has 0 unspecified atom stereocenters. The van der Waals surface area contributed by atoms with Crippen molar-refractivity contribution in [3.05, 3.63) is 28.7 Å². The van der Waals surface area contributed by atoms with E-state index < -0.39 is 0 Å². The van der Waals surface area contributed by atoms with Gasteiger partial charge in [-0.25, -0.2) is 0 Å². The van der Waals surface area contributed by atoms with Crippen molar-refractivity contribution in [1.82, 2.24) is 0 Å². The third kappa shape index (κ3) is 1.37. The molecule has 0 fully saturated rings. The van der Waals surface area contributed by atoms with Crippen LogP contribution in [-0.4, -0.2) is 5.11 Å². The lowest BCUT2D eigenvalue weighted by Crippen LogP contribution is -1.79. The molecule has 0 amide bonds. The number of aromatic hydroxyl groups is 1. The Morgan fingerprint density at radius 3 is 2.82 bits per heavy atom. The second-order valence-electron chi connectivity index (χ2n) is 2.23. The quantitative estimate of drug-likeness (QED) is 0.659. The van der Waals surface area contributed by atoms with E-state index in [1.165, 1.54) is 6.07 Å². The zero-order valence-corrected chi connectivity index (χ0v) is 6.24. The van der Waals surface area contributed by atoms with Crippen LogP contribution in [0.2, 0.25) is 0 Å². The molecule has 1 rings (SSSR count). The Labute approximate surface area is 64.7 Å². The van der Waals surface area contributed by atoms with E-state index in [1.54, 1.807) is 12.1 Å². The minimum Gasteiger partial charge on any atom is -0.505 e. The minimum atomic E-state index is 0.00463. The number of hydrogen-bond acceptors (Lipinski definition) is 3. The molecule has 1 aromatic carbocycles. The molecule has 0 spiro atoms. The van der Waals surface area contributed by atoms with Crippen LogP contribution in [0.1, 0.15) is 12.5 Å². The normalized spacial score (nSPS) is 9.55. The first-order chi connectivity index (χ1) is 5.29. The summed E-state index contributed by atoms with van der Waals surface area (Å²) in [6.45, 7) is 1.91. The molecule has 58 valence electrons. The molecular formula is C8H9NO2. The van der Waals surface area contributed by atoms with Crippen molar-refractivity contribution in [2.45, 2.75) is 13.3 Å². The van der Waals surface area contributed by atoms with E-state index in [9.17, 15) is 10.0 Å². The van der Waals surface area contributed by atoms with Crippen molar-refractivity contribution < 1.29 is 5.11 Å². The van der Waals surface area contributed by atoms with Gasteiger partial charge in [-0.1, -0.05) is 19.1 Å². The second-order valence-corrected chi connectivity index (χ2v) is 2.23. The maximum Gasteiger partial charge on any atom is 0.149 e. The topological polar surface area (TPSA) is 49.7 Å². The average molecular weight is 151 g/mol. The summed E-state index contributed by atoms with van der Waals surface area (Å²) in [5, 5.41) is 12.0. The molecule has 11 heavy (non-hydrogen) atoms. The highest BCUT2D eigenvalue weighted by atomic mass is 16.3. The molecule has 1 aromatic rings. The average Bonchev–Trinajstić information content (AvgIpc) is 2.05. The van der Waals surface area contributed by atoms with Gasteiger partial charge in [-0.2, -0.15) is 0 Å². The van der Waals surface area contributed by atoms with Gasteiger partial charge in [-0.15, -0.1) is 4.91 Å². The number of nitrogens with zero attached hydrogens (tertiary/aromatic N) is 1. The van der Waals surface area contributed by atoms with Crippen LogP contribution >= 0.6 is 0 Å². The number of aryl methyl sites for hydroxylation is 1. The molecule has 0 bridgehead atoms. The van der Waals surface area contributed by atoms with E-state index in [4.69, 9.17) is 0 Å². The molecule has 1 N–H and O–H groups in total. The van der Waals surface area contributed by atoms with E-state index in [-0.39, 0.29) is 11.4 Å². The molecule has 0 atom stereocenters. The number of phenolic OH excluding ortho intramolecular Hbond substituents is 1. The van der Waals surface area contributed by atoms with Crippen LogP contribution in [0.5, 0.6) is 5.75 Å². The summed E-state index contributed by atoms with van der Waals surface area (Å²) in [7, 11) is 0. The first-order valence-electron chi connectivity index (χ1n) is 3.43. The maximum atomic E-state index is 10.1. The van der Waals surface area contributed by atoms with Crippen molar-refractivity contribution in [3.8, 4) is 5.75 Å². The summed E-state index contributed by atoms with van der Waals surface area (Å²) < 4.78 is 0. The van der Waals surface area contributed by atoms with E-state index >= 15 is 0 Å². The van der Waals surface area contributed by atoms with Gasteiger partial charge in [0, 0.05) is 0 Å². The number of hydrogen-bond donors (Lipinski definition) is 1. The van der Waals surface area contributed by atoms with Crippen molar-refractivity contribution in [1.29, 1.82) is 0 Å². The molecular weight excluding hydrogens is 142 g/mol. The number of phenols is 1. The Morgan fingerprint density at radius 1 is 1.55 bits per heavy atom. The summed E-state index contributed by atoms with van der Waals surface area (Å²) in [5.74, 6) is 0.00463. The fourth-order valence-electron chi connectivity index (χ4n) is 0.937. The monoisotopic (exact) mass is 151 g/mol. The van der Waals surface area contributed by atoms with E-state index in [0.29, 0.717) is 6.42 Å². The van der Waals surface area contributed by atoms with Crippen LogP contribution in [-0.2, 0) is 6.42 Å². The van der Waals surface area contributed by atoms with Gasteiger partial charge in [-0.05, 0) is 23.2 Å². The Balaban J connectivity index is 3.20. The molecule has 3 heteroatoms. The summed E-state index contributed by atoms with van der Waals surface area (Å²) in [4.78, 5) is 10.1. The van der Waals surface area contributed by atoms with Gasteiger partial charge in [-0.3, -0.25) is 0 Å². The minimum absolute atomic E-state index is 0.00463. The zero-order valence-electron chi connectivity index (χ0n) is 6.24. The van der Waals surface area contributed by atoms with Crippen molar-refractivity contribution in [2.24, 2.45) is 5.18 Å². The zero-order chi connectivity index (χ0) is 8.27. The van der Waals surface area contributed by atoms with Crippen LogP contribution in [0.15, 0.2) is 23.4 Å². The van der Waals surface area contributed by atoms with Crippen LogP contribution in [0.3, 0.4) is 0 Å². The third-order valence-electron chi connectivity index (χ3n) is 1.58. The number of rotatable bonds is 2. The highest BCUT2D eigenvalue weighted by Gasteiger charge is 2.03. The van der Waals surface area contributed by atoms with E-state index in [1.807, 2.05) is 6.92 Å². The fourth-order valence-corrected chi connectivity index (χ4v) is 0.937. The Hall–Kier alpha value is -1.38. The summed E-state index contributed by atoms with van der Waals surface area (Å²) in [6, 6.07) is 4.96. The van der Waals surface area contributed by atoms with Gasteiger partial charge in [0.05, 0.1) is 0 Å². The van der Waals surface area contributed by atoms with Crippen molar-refractivity contribution >= 4 is 5.69 Å². The smallest absolute Gasteiger partial charge is 0.149 e. The number of para-hydroxylation sites is 1. The number of nitroso groups, excluding NO2 is 1.